The van der Waals surface area contributed by atoms with Crippen LogP contribution in [0.4, 0.5) is 0 Å². The first kappa shape index (κ1) is 14.1. The van der Waals surface area contributed by atoms with Gasteiger partial charge in [-0.05, 0) is 31.4 Å². The second-order valence-electron chi connectivity index (χ2n) is 5.25. The number of rotatable bonds is 6. The molecule has 4 nitrogen and oxygen atoms in total. The predicted molar refractivity (Wildman–Crippen MR) is 75.1 cm³/mol. The summed E-state index contributed by atoms with van der Waals surface area (Å²) in [6.07, 6.45) is 7.49. The molecular formula is C15H24N2O2. The van der Waals surface area contributed by atoms with Crippen molar-refractivity contribution in [1.29, 1.82) is 0 Å². The van der Waals surface area contributed by atoms with Gasteiger partial charge >= 0.3 is 0 Å². The van der Waals surface area contributed by atoms with Gasteiger partial charge < -0.3 is 14.6 Å². The smallest absolute Gasteiger partial charge is 0.270 e. The molecule has 1 amide bonds. The van der Waals surface area contributed by atoms with E-state index in [1.165, 1.54) is 12.8 Å². The lowest BCUT2D eigenvalue weighted by atomic mass is 10.2. The van der Waals surface area contributed by atoms with Gasteiger partial charge in [0.05, 0.1) is 6.61 Å². The Hall–Kier alpha value is -1.29. The molecule has 1 fully saturated rings. The van der Waals surface area contributed by atoms with Crippen LogP contribution >= 0.6 is 0 Å². The molecule has 0 saturated heterocycles. The Bertz CT molecular complexity index is 408. The maximum Gasteiger partial charge on any atom is 0.270 e. The summed E-state index contributed by atoms with van der Waals surface area (Å²) in [4.78, 5) is 14.5. The third-order valence-electron chi connectivity index (χ3n) is 3.88. The van der Waals surface area contributed by atoms with Gasteiger partial charge in [0.1, 0.15) is 5.69 Å². The number of hydrogen-bond acceptors (Lipinski definition) is 2. The van der Waals surface area contributed by atoms with Gasteiger partial charge in [-0.15, -0.1) is 0 Å². The van der Waals surface area contributed by atoms with E-state index in [1.807, 2.05) is 27.8 Å². The molecule has 2 rings (SSSR count). The molecule has 1 aromatic heterocycles. The fourth-order valence-corrected chi connectivity index (χ4v) is 2.96. The molecular weight excluding hydrogens is 240 g/mol. The van der Waals surface area contributed by atoms with Crippen LogP contribution in [0.15, 0.2) is 18.3 Å². The lowest BCUT2D eigenvalue weighted by Crippen LogP contribution is -2.41. The van der Waals surface area contributed by atoms with Gasteiger partial charge in [0.25, 0.3) is 5.91 Å². The fraction of sp³-hybridized carbons (Fsp3) is 0.667. The number of carbonyl (C=O) groups is 1. The third-order valence-corrected chi connectivity index (χ3v) is 3.88. The summed E-state index contributed by atoms with van der Waals surface area (Å²) < 4.78 is 2.02. The van der Waals surface area contributed by atoms with Crippen LogP contribution in [-0.4, -0.2) is 39.7 Å². The monoisotopic (exact) mass is 264 g/mol. The molecule has 1 saturated carbocycles. The Morgan fingerprint density at radius 1 is 1.47 bits per heavy atom. The van der Waals surface area contributed by atoms with E-state index in [1.54, 1.807) is 0 Å². The molecule has 106 valence electrons. The van der Waals surface area contributed by atoms with Gasteiger partial charge in [-0.2, -0.15) is 0 Å². The standard InChI is InChI=1S/C15H24N2O2/c1-2-9-16-10-5-8-14(16)15(19)17(11-12-18)13-6-3-4-7-13/h5,8,10,13,18H,2-4,6-7,9,11-12H2,1H3. The Morgan fingerprint density at radius 3 is 2.84 bits per heavy atom. The summed E-state index contributed by atoms with van der Waals surface area (Å²) in [6.45, 7) is 3.46. The first-order valence-corrected chi connectivity index (χ1v) is 7.35. The van der Waals surface area contributed by atoms with Crippen molar-refractivity contribution in [3.63, 3.8) is 0 Å². The molecule has 1 heterocycles. The van der Waals surface area contributed by atoms with E-state index >= 15 is 0 Å². The highest BCUT2D eigenvalue weighted by Crippen LogP contribution is 2.24. The zero-order valence-electron chi connectivity index (χ0n) is 11.7. The molecule has 1 aliphatic carbocycles. The minimum atomic E-state index is 0.0384. The molecule has 4 heteroatoms. The van der Waals surface area contributed by atoms with Gasteiger partial charge in [0.2, 0.25) is 0 Å². The van der Waals surface area contributed by atoms with Crippen LogP contribution in [0.3, 0.4) is 0 Å². The van der Waals surface area contributed by atoms with E-state index < -0.39 is 0 Å². The number of aromatic nitrogens is 1. The lowest BCUT2D eigenvalue weighted by molar-refractivity contribution is 0.0627. The predicted octanol–water partition coefficient (Wildman–Crippen LogP) is 2.28. The van der Waals surface area contributed by atoms with Crippen LogP contribution in [0.5, 0.6) is 0 Å². The average Bonchev–Trinajstić information content (AvgIpc) is 3.06. The number of aliphatic hydroxyl groups excluding tert-OH is 1. The molecule has 0 aromatic carbocycles. The molecule has 19 heavy (non-hydrogen) atoms. The molecule has 0 aliphatic heterocycles. The van der Waals surface area contributed by atoms with Crippen molar-refractivity contribution >= 4 is 5.91 Å². The van der Waals surface area contributed by atoms with Crippen molar-refractivity contribution in [3.8, 4) is 0 Å². The molecule has 0 bridgehead atoms. The molecule has 0 atom stereocenters. The van der Waals surface area contributed by atoms with Crippen molar-refractivity contribution < 1.29 is 9.90 Å². The largest absolute Gasteiger partial charge is 0.395 e. The van der Waals surface area contributed by atoms with Crippen LogP contribution in [0.1, 0.15) is 49.5 Å². The molecule has 1 aliphatic rings. The van der Waals surface area contributed by atoms with Crippen molar-refractivity contribution in [2.75, 3.05) is 13.2 Å². The third kappa shape index (κ3) is 3.18. The van der Waals surface area contributed by atoms with E-state index in [2.05, 4.69) is 6.92 Å². The Morgan fingerprint density at radius 2 is 2.21 bits per heavy atom. The van der Waals surface area contributed by atoms with E-state index in [9.17, 15) is 9.90 Å². The lowest BCUT2D eigenvalue weighted by Gasteiger charge is -2.28. The Balaban J connectivity index is 2.15. The highest BCUT2D eigenvalue weighted by Gasteiger charge is 2.28. The summed E-state index contributed by atoms with van der Waals surface area (Å²) in [5, 5.41) is 9.22. The first-order chi connectivity index (χ1) is 9.27. The SMILES string of the molecule is CCCn1cccc1C(=O)N(CCO)C1CCCC1. The zero-order chi connectivity index (χ0) is 13.7. The zero-order valence-corrected chi connectivity index (χ0v) is 11.7. The highest BCUT2D eigenvalue weighted by molar-refractivity contribution is 5.93. The fourth-order valence-electron chi connectivity index (χ4n) is 2.96. The maximum atomic E-state index is 12.7. The number of amides is 1. The number of aliphatic hydroxyl groups is 1. The van der Waals surface area contributed by atoms with Gasteiger partial charge in [-0.25, -0.2) is 0 Å². The van der Waals surface area contributed by atoms with Crippen molar-refractivity contribution in [3.05, 3.63) is 24.0 Å². The van der Waals surface area contributed by atoms with E-state index in [0.717, 1.165) is 31.5 Å². The van der Waals surface area contributed by atoms with Gasteiger partial charge in [-0.1, -0.05) is 19.8 Å². The van der Waals surface area contributed by atoms with Crippen LogP contribution in [0.2, 0.25) is 0 Å². The normalized spacial score (nSPS) is 15.9. The van der Waals surface area contributed by atoms with Crippen LogP contribution in [-0.2, 0) is 6.54 Å². The summed E-state index contributed by atoms with van der Waals surface area (Å²) >= 11 is 0. The maximum absolute atomic E-state index is 12.7. The Kier molecular flexibility index (Phi) is 5.02. The molecule has 0 radical (unpaired) electrons. The van der Waals surface area contributed by atoms with Crippen molar-refractivity contribution in [2.45, 2.75) is 51.6 Å². The number of carbonyl (C=O) groups excluding carboxylic acids is 1. The summed E-state index contributed by atoms with van der Waals surface area (Å²) in [5.74, 6) is 0.0689. The van der Waals surface area contributed by atoms with Crippen LogP contribution in [0, 0.1) is 0 Å². The number of hydrogen-bond donors (Lipinski definition) is 1. The van der Waals surface area contributed by atoms with E-state index in [-0.39, 0.29) is 12.5 Å². The average molecular weight is 264 g/mol. The number of aryl methyl sites for hydroxylation is 1. The molecule has 1 N–H and O–H groups in total. The Labute approximate surface area is 115 Å². The summed E-state index contributed by atoms with van der Waals surface area (Å²) in [7, 11) is 0. The number of nitrogens with zero attached hydrogens (tertiary/aromatic N) is 2. The summed E-state index contributed by atoms with van der Waals surface area (Å²) in [5.41, 5.74) is 0.752. The molecule has 0 spiro atoms. The topological polar surface area (TPSA) is 45.5 Å². The van der Waals surface area contributed by atoms with E-state index in [0.29, 0.717) is 12.6 Å². The van der Waals surface area contributed by atoms with Gasteiger partial charge in [0.15, 0.2) is 0 Å². The highest BCUT2D eigenvalue weighted by atomic mass is 16.3. The minimum absolute atomic E-state index is 0.0384. The minimum Gasteiger partial charge on any atom is -0.395 e. The summed E-state index contributed by atoms with van der Waals surface area (Å²) in [6, 6.07) is 4.12. The second-order valence-corrected chi connectivity index (χ2v) is 5.25. The van der Waals surface area contributed by atoms with Crippen LogP contribution < -0.4 is 0 Å². The first-order valence-electron chi connectivity index (χ1n) is 7.35. The van der Waals surface area contributed by atoms with Crippen molar-refractivity contribution in [1.82, 2.24) is 9.47 Å². The molecule has 0 unspecified atom stereocenters. The van der Waals surface area contributed by atoms with Crippen LogP contribution in [0.25, 0.3) is 0 Å². The van der Waals surface area contributed by atoms with E-state index in [4.69, 9.17) is 0 Å². The van der Waals surface area contributed by atoms with Crippen molar-refractivity contribution in [2.24, 2.45) is 0 Å². The molecule has 1 aromatic rings. The van der Waals surface area contributed by atoms with Gasteiger partial charge in [-0.3, -0.25) is 4.79 Å². The second kappa shape index (κ2) is 6.75. The quantitative estimate of drug-likeness (QED) is 0.856. The van der Waals surface area contributed by atoms with Gasteiger partial charge in [0, 0.05) is 25.3 Å².